The predicted molar refractivity (Wildman–Crippen MR) is 90.3 cm³/mol. The fourth-order valence-corrected chi connectivity index (χ4v) is 3.01. The van der Waals surface area contributed by atoms with Crippen molar-refractivity contribution in [3.8, 4) is 0 Å². The van der Waals surface area contributed by atoms with Crippen molar-refractivity contribution in [2.24, 2.45) is 7.05 Å². The number of hydrogen-bond donors (Lipinski definition) is 0. The molecule has 1 aromatic carbocycles. The maximum atomic E-state index is 12.6. The Morgan fingerprint density at radius 3 is 2.52 bits per heavy atom. The molecule has 0 aliphatic carbocycles. The van der Waals surface area contributed by atoms with Gasteiger partial charge in [-0.25, -0.2) is 0 Å². The fourth-order valence-electron chi connectivity index (χ4n) is 3.01. The van der Waals surface area contributed by atoms with Crippen molar-refractivity contribution < 1.29 is 4.79 Å². The van der Waals surface area contributed by atoms with Gasteiger partial charge >= 0.3 is 0 Å². The quantitative estimate of drug-likeness (QED) is 0.870. The number of amides is 1. The second-order valence-electron chi connectivity index (χ2n) is 6.32. The summed E-state index contributed by atoms with van der Waals surface area (Å²) in [5, 5.41) is 4.30. The zero-order chi connectivity index (χ0) is 16.4. The van der Waals surface area contributed by atoms with Crippen LogP contribution in [0.1, 0.15) is 27.2 Å². The maximum Gasteiger partial charge on any atom is 0.253 e. The molecule has 1 amide bonds. The Morgan fingerprint density at radius 1 is 1.17 bits per heavy atom. The maximum absolute atomic E-state index is 12.6. The van der Waals surface area contributed by atoms with Crippen molar-refractivity contribution in [3.05, 3.63) is 52.8 Å². The zero-order valence-corrected chi connectivity index (χ0v) is 14.1. The Labute approximate surface area is 137 Å². The Morgan fingerprint density at radius 2 is 1.91 bits per heavy atom. The van der Waals surface area contributed by atoms with Gasteiger partial charge in [0.15, 0.2) is 0 Å². The van der Waals surface area contributed by atoms with Crippen LogP contribution in [0.15, 0.2) is 30.5 Å². The molecule has 23 heavy (non-hydrogen) atoms. The van der Waals surface area contributed by atoms with E-state index in [2.05, 4.69) is 16.9 Å². The molecule has 2 heterocycles. The molecule has 0 radical (unpaired) electrons. The van der Waals surface area contributed by atoms with Gasteiger partial charge in [0.25, 0.3) is 5.91 Å². The van der Waals surface area contributed by atoms with E-state index in [-0.39, 0.29) is 5.91 Å². The first-order valence-electron chi connectivity index (χ1n) is 8.10. The van der Waals surface area contributed by atoms with E-state index in [1.54, 1.807) is 0 Å². The Hall–Kier alpha value is -2.14. The highest BCUT2D eigenvalue weighted by molar-refractivity contribution is 5.94. The third-order valence-electron chi connectivity index (χ3n) is 4.66. The monoisotopic (exact) mass is 312 g/mol. The van der Waals surface area contributed by atoms with Crippen molar-refractivity contribution >= 4 is 5.91 Å². The van der Waals surface area contributed by atoms with Crippen LogP contribution in [-0.2, 0) is 13.6 Å². The SMILES string of the molecule is Cc1cccc(C(=O)N2CCN(Cc3cnn(C)c3C)CC2)c1. The average Bonchev–Trinajstić information content (AvgIpc) is 2.87. The molecule has 1 aliphatic heterocycles. The van der Waals surface area contributed by atoms with Crippen molar-refractivity contribution in [2.75, 3.05) is 26.2 Å². The summed E-state index contributed by atoms with van der Waals surface area (Å²) >= 11 is 0. The molecule has 5 nitrogen and oxygen atoms in total. The lowest BCUT2D eigenvalue weighted by Crippen LogP contribution is -2.48. The van der Waals surface area contributed by atoms with Crippen molar-refractivity contribution in [2.45, 2.75) is 20.4 Å². The molecule has 1 saturated heterocycles. The number of rotatable bonds is 3. The van der Waals surface area contributed by atoms with Crippen LogP contribution in [0.2, 0.25) is 0 Å². The molecule has 122 valence electrons. The molecule has 1 aromatic heterocycles. The minimum absolute atomic E-state index is 0.144. The molecule has 0 spiro atoms. The minimum atomic E-state index is 0.144. The van der Waals surface area contributed by atoms with E-state index < -0.39 is 0 Å². The number of benzene rings is 1. The van der Waals surface area contributed by atoms with Gasteiger partial charge in [0.1, 0.15) is 0 Å². The number of hydrogen-bond acceptors (Lipinski definition) is 3. The van der Waals surface area contributed by atoms with Gasteiger partial charge in [0.05, 0.1) is 6.20 Å². The summed E-state index contributed by atoms with van der Waals surface area (Å²) in [6, 6.07) is 7.84. The first kappa shape index (κ1) is 15.7. The van der Waals surface area contributed by atoms with Gasteiger partial charge in [-0.2, -0.15) is 5.10 Å². The van der Waals surface area contributed by atoms with Crippen molar-refractivity contribution in [1.82, 2.24) is 19.6 Å². The van der Waals surface area contributed by atoms with Gasteiger partial charge < -0.3 is 4.90 Å². The van der Waals surface area contributed by atoms with E-state index in [1.165, 1.54) is 11.3 Å². The molecular weight excluding hydrogens is 288 g/mol. The summed E-state index contributed by atoms with van der Waals surface area (Å²) < 4.78 is 1.91. The second-order valence-corrected chi connectivity index (χ2v) is 6.32. The standard InChI is InChI=1S/C18H24N4O/c1-14-5-4-6-16(11-14)18(23)22-9-7-21(8-10-22)13-17-12-19-20(3)15(17)2/h4-6,11-12H,7-10,13H2,1-3H3. The van der Waals surface area contributed by atoms with Crippen LogP contribution >= 0.6 is 0 Å². The van der Waals surface area contributed by atoms with Gasteiger partial charge in [0, 0.05) is 56.6 Å². The van der Waals surface area contributed by atoms with Crippen molar-refractivity contribution in [1.29, 1.82) is 0 Å². The van der Waals surface area contributed by atoms with Crippen LogP contribution in [0.25, 0.3) is 0 Å². The summed E-state index contributed by atoms with van der Waals surface area (Å²) in [6.07, 6.45) is 1.94. The van der Waals surface area contributed by atoms with Crippen LogP contribution in [-0.4, -0.2) is 51.7 Å². The molecule has 3 rings (SSSR count). The average molecular weight is 312 g/mol. The molecule has 1 fully saturated rings. The van der Waals surface area contributed by atoms with E-state index in [4.69, 9.17) is 0 Å². The summed E-state index contributed by atoms with van der Waals surface area (Å²) in [5.41, 5.74) is 4.40. The van der Waals surface area contributed by atoms with Crippen molar-refractivity contribution in [3.63, 3.8) is 0 Å². The van der Waals surface area contributed by atoms with Gasteiger partial charge in [-0.15, -0.1) is 0 Å². The lowest BCUT2D eigenvalue weighted by atomic mass is 10.1. The third-order valence-corrected chi connectivity index (χ3v) is 4.66. The third kappa shape index (κ3) is 3.45. The largest absolute Gasteiger partial charge is 0.336 e. The fraction of sp³-hybridized carbons (Fsp3) is 0.444. The summed E-state index contributed by atoms with van der Waals surface area (Å²) in [6.45, 7) is 8.41. The molecule has 5 heteroatoms. The number of nitrogens with zero attached hydrogens (tertiary/aromatic N) is 4. The molecule has 1 aliphatic rings. The number of aromatic nitrogens is 2. The topological polar surface area (TPSA) is 41.4 Å². The first-order chi connectivity index (χ1) is 11.0. The van der Waals surface area contributed by atoms with Crippen LogP contribution < -0.4 is 0 Å². The predicted octanol–water partition coefficient (Wildman–Crippen LogP) is 1.99. The molecule has 0 saturated carbocycles. The van der Waals surface area contributed by atoms with Gasteiger partial charge in [0.2, 0.25) is 0 Å². The van der Waals surface area contributed by atoms with Gasteiger partial charge in [-0.1, -0.05) is 17.7 Å². The number of aryl methyl sites for hydroxylation is 2. The van der Waals surface area contributed by atoms with Crippen LogP contribution in [0.5, 0.6) is 0 Å². The second kappa shape index (κ2) is 6.54. The number of carbonyl (C=O) groups excluding carboxylic acids is 1. The van der Waals surface area contributed by atoms with E-state index >= 15 is 0 Å². The highest BCUT2D eigenvalue weighted by Gasteiger charge is 2.22. The number of piperazine rings is 1. The normalized spacial score (nSPS) is 15.9. The molecule has 0 unspecified atom stereocenters. The first-order valence-corrected chi connectivity index (χ1v) is 8.10. The molecule has 0 bridgehead atoms. The molecule has 0 atom stereocenters. The van der Waals surface area contributed by atoms with Crippen LogP contribution in [0.3, 0.4) is 0 Å². The highest BCUT2D eigenvalue weighted by Crippen LogP contribution is 2.14. The van der Waals surface area contributed by atoms with E-state index in [9.17, 15) is 4.79 Å². The molecule has 2 aromatic rings. The summed E-state index contributed by atoms with van der Waals surface area (Å²) in [5.74, 6) is 0.144. The van der Waals surface area contributed by atoms with E-state index in [0.29, 0.717) is 0 Å². The highest BCUT2D eigenvalue weighted by atomic mass is 16.2. The lowest BCUT2D eigenvalue weighted by Gasteiger charge is -2.34. The zero-order valence-electron chi connectivity index (χ0n) is 14.1. The minimum Gasteiger partial charge on any atom is -0.336 e. The molecule has 0 N–H and O–H groups in total. The Balaban J connectivity index is 1.58. The smallest absolute Gasteiger partial charge is 0.253 e. The lowest BCUT2D eigenvalue weighted by molar-refractivity contribution is 0.0628. The van der Waals surface area contributed by atoms with E-state index in [0.717, 1.165) is 43.9 Å². The Kier molecular flexibility index (Phi) is 4.48. The number of carbonyl (C=O) groups is 1. The van der Waals surface area contributed by atoms with Gasteiger partial charge in [-0.05, 0) is 26.0 Å². The summed E-state index contributed by atoms with van der Waals surface area (Å²) in [4.78, 5) is 16.9. The van der Waals surface area contributed by atoms with Crippen LogP contribution in [0, 0.1) is 13.8 Å². The van der Waals surface area contributed by atoms with E-state index in [1.807, 2.05) is 54.0 Å². The Bertz CT molecular complexity index is 699. The summed E-state index contributed by atoms with van der Waals surface area (Å²) in [7, 11) is 1.97. The van der Waals surface area contributed by atoms with Crippen LogP contribution in [0.4, 0.5) is 0 Å². The molecular formula is C18H24N4O. The van der Waals surface area contributed by atoms with Gasteiger partial charge in [-0.3, -0.25) is 14.4 Å².